The molecule has 0 radical (unpaired) electrons. The van der Waals surface area contributed by atoms with Crippen LogP contribution in [0.1, 0.15) is 5.56 Å². The molecular weight excluding hydrogens is 342 g/mol. The first kappa shape index (κ1) is 17.8. The molecule has 26 heavy (non-hydrogen) atoms. The normalized spacial score (nSPS) is 15.4. The van der Waals surface area contributed by atoms with E-state index in [2.05, 4.69) is 24.6 Å². The van der Waals surface area contributed by atoms with Gasteiger partial charge in [0.25, 0.3) is 0 Å². The van der Waals surface area contributed by atoms with E-state index in [1.807, 2.05) is 4.90 Å². The lowest BCUT2D eigenvalue weighted by Crippen LogP contribution is -2.51. The number of guanidine groups is 1. The molecule has 7 nitrogen and oxygen atoms in total. The van der Waals surface area contributed by atoms with Crippen molar-refractivity contribution in [3.63, 3.8) is 0 Å². The summed E-state index contributed by atoms with van der Waals surface area (Å²) in [5.41, 5.74) is 6.83. The quantitative estimate of drug-likeness (QED) is 0.644. The van der Waals surface area contributed by atoms with Gasteiger partial charge in [-0.1, -0.05) is 12.1 Å². The lowest BCUT2D eigenvalue weighted by Gasteiger charge is -2.35. The largest absolute Gasteiger partial charge is 0.435 e. The van der Waals surface area contributed by atoms with E-state index >= 15 is 0 Å². The molecule has 0 amide bonds. The summed E-state index contributed by atoms with van der Waals surface area (Å²) in [6, 6.07) is 8.24. The van der Waals surface area contributed by atoms with Crippen molar-refractivity contribution in [3.05, 3.63) is 48.3 Å². The molecule has 1 aliphatic rings. The van der Waals surface area contributed by atoms with Crippen molar-refractivity contribution in [2.24, 2.45) is 10.7 Å². The number of aliphatic imine (C=N–C) groups is 1. The van der Waals surface area contributed by atoms with E-state index in [0.29, 0.717) is 31.5 Å². The van der Waals surface area contributed by atoms with Crippen molar-refractivity contribution in [3.8, 4) is 5.75 Å². The minimum absolute atomic E-state index is 0.114. The average Bonchev–Trinajstić information content (AvgIpc) is 2.67. The van der Waals surface area contributed by atoms with E-state index in [0.717, 1.165) is 18.7 Å². The predicted octanol–water partition coefficient (Wildman–Crippen LogP) is 1.71. The lowest BCUT2D eigenvalue weighted by atomic mass is 10.2. The first-order valence-electron chi connectivity index (χ1n) is 8.22. The van der Waals surface area contributed by atoms with Crippen LogP contribution in [0.2, 0.25) is 0 Å². The molecule has 0 unspecified atom stereocenters. The summed E-state index contributed by atoms with van der Waals surface area (Å²) in [5.74, 6) is 1.25. The summed E-state index contributed by atoms with van der Waals surface area (Å²) in [7, 11) is 0. The lowest BCUT2D eigenvalue weighted by molar-refractivity contribution is -0.0498. The summed E-state index contributed by atoms with van der Waals surface area (Å²) in [6.45, 7) is 0.373. The summed E-state index contributed by atoms with van der Waals surface area (Å²) < 4.78 is 28.9. The number of hydrogen-bond acceptors (Lipinski definition) is 5. The van der Waals surface area contributed by atoms with Crippen molar-refractivity contribution in [2.45, 2.75) is 13.2 Å². The van der Waals surface area contributed by atoms with Gasteiger partial charge in [-0.05, 0) is 23.8 Å². The van der Waals surface area contributed by atoms with Crippen LogP contribution in [-0.2, 0) is 6.54 Å². The predicted molar refractivity (Wildman–Crippen MR) is 94.2 cm³/mol. The zero-order valence-electron chi connectivity index (χ0n) is 14.1. The number of piperazine rings is 1. The first-order chi connectivity index (χ1) is 12.6. The first-order valence-corrected chi connectivity index (χ1v) is 8.22. The molecule has 9 heteroatoms. The Morgan fingerprint density at radius 3 is 2.58 bits per heavy atom. The zero-order chi connectivity index (χ0) is 18.4. The number of hydrogen-bond donors (Lipinski definition) is 1. The molecule has 1 aliphatic heterocycles. The third kappa shape index (κ3) is 4.78. The van der Waals surface area contributed by atoms with E-state index in [1.165, 1.54) is 12.1 Å². The number of ether oxygens (including phenoxy) is 1. The van der Waals surface area contributed by atoms with Gasteiger partial charge in [0, 0.05) is 38.6 Å². The molecule has 0 aliphatic carbocycles. The number of nitrogens with zero attached hydrogens (tertiary/aromatic N) is 5. The van der Waals surface area contributed by atoms with Crippen LogP contribution in [0.25, 0.3) is 0 Å². The van der Waals surface area contributed by atoms with E-state index in [-0.39, 0.29) is 5.75 Å². The van der Waals surface area contributed by atoms with Gasteiger partial charge in [-0.2, -0.15) is 8.78 Å². The maximum atomic E-state index is 12.3. The Labute approximate surface area is 150 Å². The van der Waals surface area contributed by atoms with Gasteiger partial charge in [0.05, 0.1) is 6.54 Å². The SMILES string of the molecule is NC(=NCc1cccc(OC(F)F)c1)N1CCN(c2ncccn2)CC1. The smallest absolute Gasteiger partial charge is 0.387 e. The van der Waals surface area contributed by atoms with Crippen molar-refractivity contribution >= 4 is 11.9 Å². The van der Waals surface area contributed by atoms with Crippen molar-refractivity contribution in [2.75, 3.05) is 31.1 Å². The number of aromatic nitrogens is 2. The van der Waals surface area contributed by atoms with Crippen molar-refractivity contribution in [1.82, 2.24) is 14.9 Å². The molecule has 2 heterocycles. The van der Waals surface area contributed by atoms with E-state index < -0.39 is 6.61 Å². The maximum Gasteiger partial charge on any atom is 0.387 e. The van der Waals surface area contributed by atoms with Gasteiger partial charge in [-0.15, -0.1) is 0 Å². The topological polar surface area (TPSA) is 79.9 Å². The molecule has 1 aromatic carbocycles. The third-order valence-electron chi connectivity index (χ3n) is 3.99. The number of benzene rings is 1. The highest BCUT2D eigenvalue weighted by Crippen LogP contribution is 2.16. The van der Waals surface area contributed by atoms with Crippen LogP contribution in [-0.4, -0.2) is 53.6 Å². The van der Waals surface area contributed by atoms with Crippen LogP contribution in [0.5, 0.6) is 5.75 Å². The molecule has 3 rings (SSSR count). The molecule has 0 saturated carbocycles. The van der Waals surface area contributed by atoms with Crippen LogP contribution in [0, 0.1) is 0 Å². The highest BCUT2D eigenvalue weighted by Gasteiger charge is 2.19. The zero-order valence-corrected chi connectivity index (χ0v) is 14.1. The maximum absolute atomic E-state index is 12.3. The molecule has 0 spiro atoms. The molecule has 1 aromatic heterocycles. The van der Waals surface area contributed by atoms with Gasteiger partial charge >= 0.3 is 6.61 Å². The van der Waals surface area contributed by atoms with Crippen LogP contribution in [0.15, 0.2) is 47.7 Å². The van der Waals surface area contributed by atoms with Gasteiger partial charge < -0.3 is 20.3 Å². The van der Waals surface area contributed by atoms with Crippen molar-refractivity contribution in [1.29, 1.82) is 0 Å². The molecule has 2 aromatic rings. The second kappa shape index (κ2) is 8.41. The monoisotopic (exact) mass is 362 g/mol. The van der Waals surface area contributed by atoms with Crippen LogP contribution < -0.4 is 15.4 Å². The van der Waals surface area contributed by atoms with Gasteiger partial charge in [0.2, 0.25) is 5.95 Å². The van der Waals surface area contributed by atoms with Gasteiger partial charge in [0.15, 0.2) is 5.96 Å². The number of halogens is 2. The number of alkyl halides is 2. The minimum Gasteiger partial charge on any atom is -0.435 e. The summed E-state index contributed by atoms with van der Waals surface area (Å²) in [6.07, 6.45) is 3.44. The average molecular weight is 362 g/mol. The van der Waals surface area contributed by atoms with E-state index in [4.69, 9.17) is 5.73 Å². The third-order valence-corrected chi connectivity index (χ3v) is 3.99. The number of rotatable bonds is 5. The fraction of sp³-hybridized carbons (Fsp3) is 0.353. The molecule has 2 N–H and O–H groups in total. The van der Waals surface area contributed by atoms with Gasteiger partial charge in [0.1, 0.15) is 5.75 Å². The Kier molecular flexibility index (Phi) is 5.77. The molecule has 1 fully saturated rings. The van der Waals surface area contributed by atoms with Crippen LogP contribution in [0.3, 0.4) is 0 Å². The fourth-order valence-electron chi connectivity index (χ4n) is 2.68. The standard InChI is InChI=1S/C17H20F2N6O/c18-15(19)26-14-4-1-3-13(11-14)12-23-16(20)24-7-9-25(10-8-24)17-21-5-2-6-22-17/h1-6,11,15H,7-10,12H2,(H2,20,23). The van der Waals surface area contributed by atoms with Crippen LogP contribution in [0.4, 0.5) is 14.7 Å². The second-order valence-corrected chi connectivity index (χ2v) is 5.72. The number of nitrogens with two attached hydrogens (primary N) is 1. The second-order valence-electron chi connectivity index (χ2n) is 5.72. The van der Waals surface area contributed by atoms with E-state index in [9.17, 15) is 8.78 Å². The Balaban J connectivity index is 1.54. The van der Waals surface area contributed by atoms with Crippen LogP contribution >= 0.6 is 0 Å². The van der Waals surface area contributed by atoms with E-state index in [1.54, 1.807) is 30.6 Å². The van der Waals surface area contributed by atoms with Crippen molar-refractivity contribution < 1.29 is 13.5 Å². The highest BCUT2D eigenvalue weighted by molar-refractivity contribution is 5.78. The summed E-state index contributed by atoms with van der Waals surface area (Å²) in [5, 5.41) is 0. The summed E-state index contributed by atoms with van der Waals surface area (Å²) >= 11 is 0. The highest BCUT2D eigenvalue weighted by atomic mass is 19.3. The Hall–Kier alpha value is -2.97. The van der Waals surface area contributed by atoms with Gasteiger partial charge in [-0.3, -0.25) is 0 Å². The molecule has 0 atom stereocenters. The van der Waals surface area contributed by atoms with Gasteiger partial charge in [-0.25, -0.2) is 15.0 Å². The fourth-order valence-corrected chi connectivity index (χ4v) is 2.68. The summed E-state index contributed by atoms with van der Waals surface area (Å²) in [4.78, 5) is 16.9. The Morgan fingerprint density at radius 2 is 1.88 bits per heavy atom. The molecule has 1 saturated heterocycles. The Morgan fingerprint density at radius 1 is 1.15 bits per heavy atom. The number of anilines is 1. The molecule has 138 valence electrons. The minimum atomic E-state index is -2.84. The Bertz CT molecular complexity index is 735. The molecule has 0 bridgehead atoms. The molecular formula is C17H20F2N6O.